The van der Waals surface area contributed by atoms with Crippen molar-refractivity contribution in [3.63, 3.8) is 0 Å². The molecule has 1 unspecified atom stereocenters. The second-order valence-corrected chi connectivity index (χ2v) is 12.8. The highest BCUT2D eigenvalue weighted by Gasteiger charge is 2.76. The topological polar surface area (TPSA) is 153 Å². The van der Waals surface area contributed by atoms with Crippen LogP contribution in [0.3, 0.4) is 0 Å². The van der Waals surface area contributed by atoms with Crippen LogP contribution in [0.2, 0.25) is 0 Å². The first-order valence-corrected chi connectivity index (χ1v) is 13.6. The Morgan fingerprint density at radius 3 is 2.22 bits per heavy atom. The number of imide groups is 1. The van der Waals surface area contributed by atoms with Gasteiger partial charge in [0, 0.05) is 0 Å². The largest absolute Gasteiger partial charge is 0.466 e. The molecule has 0 N–H and O–H groups in total. The van der Waals surface area contributed by atoms with Crippen molar-refractivity contribution in [2.75, 3.05) is 11.5 Å². The summed E-state index contributed by atoms with van der Waals surface area (Å²) in [5.41, 5.74) is -2.36. The zero-order valence-corrected chi connectivity index (χ0v) is 24.8. The lowest BCUT2D eigenvalue weighted by Crippen LogP contribution is -2.44. The van der Waals surface area contributed by atoms with Crippen LogP contribution in [0.25, 0.3) is 11.2 Å². The van der Waals surface area contributed by atoms with Gasteiger partial charge in [0.15, 0.2) is 29.0 Å². The van der Waals surface area contributed by atoms with E-state index < -0.39 is 59.1 Å². The molecule has 0 radical (unpaired) electrons. The van der Waals surface area contributed by atoms with E-state index in [4.69, 9.17) is 28.4 Å². The lowest BCUT2D eigenvalue weighted by molar-refractivity contribution is -0.205. The number of nitrogens with zero attached hydrogens (tertiary/aromatic N) is 5. The van der Waals surface area contributed by atoms with Crippen molar-refractivity contribution in [1.82, 2.24) is 19.5 Å². The number of carbonyl (C=O) groups excluding carboxylic acids is 3. The van der Waals surface area contributed by atoms with Crippen LogP contribution in [-0.4, -0.2) is 79.1 Å². The lowest BCUT2D eigenvalue weighted by Gasteiger charge is -2.28. The average molecular weight is 576 g/mol. The molecule has 0 bridgehead atoms. The van der Waals surface area contributed by atoms with Crippen molar-refractivity contribution in [1.29, 1.82) is 0 Å². The van der Waals surface area contributed by atoms with Crippen LogP contribution in [0.5, 0.6) is 0 Å². The number of amides is 2. The first-order chi connectivity index (χ1) is 19.0. The number of anilines is 1. The van der Waals surface area contributed by atoms with Gasteiger partial charge in [0.2, 0.25) is 0 Å². The Labute approximate surface area is 237 Å². The van der Waals surface area contributed by atoms with E-state index in [-0.39, 0.29) is 29.6 Å². The normalized spacial score (nSPS) is 28.4. The standard InChI is InChI=1S/C27H37N5O9/c1-10-36-21(33)14-11-27(14)17-16(37-26(8,9)38-17)20(39-27)31-13-30-15-18(31)28-12-29-19(15)32(22(34)40-24(2,3)4)23(35)41-25(5,6)7/h12-14,16-17,20H,10-11H2,1-9H3/t14-,16?,17-,20-,27+/m1/s1. The van der Waals surface area contributed by atoms with Crippen molar-refractivity contribution < 1.29 is 42.8 Å². The van der Waals surface area contributed by atoms with Gasteiger partial charge in [0.05, 0.1) is 18.9 Å². The van der Waals surface area contributed by atoms with Gasteiger partial charge in [-0.25, -0.2) is 24.5 Å². The van der Waals surface area contributed by atoms with Crippen LogP contribution in [0, 0.1) is 5.92 Å². The van der Waals surface area contributed by atoms with E-state index >= 15 is 0 Å². The molecule has 0 aromatic carbocycles. The highest BCUT2D eigenvalue weighted by atomic mass is 16.8. The van der Waals surface area contributed by atoms with E-state index in [2.05, 4.69) is 15.0 Å². The van der Waals surface area contributed by atoms with E-state index in [1.165, 1.54) is 12.7 Å². The molecule has 14 nitrogen and oxygen atoms in total. The SMILES string of the molecule is CCOC(=O)[C@H]1C[C@]12O[C@@H](n1cnc3c(N(C(=O)OC(C)(C)C)C(=O)OC(C)(C)C)ncnc31)C1OC(C)(C)O[C@H]12. The third-order valence-electron chi connectivity index (χ3n) is 6.73. The van der Waals surface area contributed by atoms with Crippen LogP contribution < -0.4 is 4.90 Å². The third-order valence-corrected chi connectivity index (χ3v) is 6.73. The molecule has 2 amide bonds. The van der Waals surface area contributed by atoms with Gasteiger partial charge in [-0.2, -0.15) is 4.90 Å². The van der Waals surface area contributed by atoms with E-state index in [1.54, 1.807) is 66.9 Å². The summed E-state index contributed by atoms with van der Waals surface area (Å²) in [6.07, 6.45) is -0.824. The summed E-state index contributed by atoms with van der Waals surface area (Å²) < 4.78 is 36.8. The summed E-state index contributed by atoms with van der Waals surface area (Å²) >= 11 is 0. The molecule has 41 heavy (non-hydrogen) atoms. The first-order valence-electron chi connectivity index (χ1n) is 13.6. The Kier molecular flexibility index (Phi) is 6.82. The predicted molar refractivity (Wildman–Crippen MR) is 142 cm³/mol. The second-order valence-electron chi connectivity index (χ2n) is 12.8. The molecule has 3 fully saturated rings. The molecule has 5 atom stereocenters. The molecular weight excluding hydrogens is 538 g/mol. The smallest absolute Gasteiger partial charge is 0.425 e. The monoisotopic (exact) mass is 575 g/mol. The molecule has 1 saturated carbocycles. The zero-order chi connectivity index (χ0) is 30.1. The number of imidazole rings is 1. The second kappa shape index (κ2) is 9.60. The molecule has 224 valence electrons. The molecule has 4 heterocycles. The van der Waals surface area contributed by atoms with E-state index in [0.717, 1.165) is 0 Å². The number of aromatic nitrogens is 4. The Morgan fingerprint density at radius 1 is 1.00 bits per heavy atom. The maximum absolute atomic E-state index is 13.3. The summed E-state index contributed by atoms with van der Waals surface area (Å²) in [6.45, 7) is 15.7. The number of fused-ring (bicyclic) bond motifs is 3. The number of carbonyl (C=O) groups is 3. The summed E-state index contributed by atoms with van der Waals surface area (Å²) in [5.74, 6) is -1.91. The first kappa shape index (κ1) is 29.1. The zero-order valence-electron chi connectivity index (χ0n) is 24.8. The number of rotatable bonds is 4. The predicted octanol–water partition coefficient (Wildman–Crippen LogP) is 3.87. The molecular formula is C27H37N5O9. The van der Waals surface area contributed by atoms with E-state index in [0.29, 0.717) is 11.3 Å². The van der Waals surface area contributed by atoms with Crippen molar-refractivity contribution in [2.24, 2.45) is 5.92 Å². The van der Waals surface area contributed by atoms with Crippen LogP contribution >= 0.6 is 0 Å². The molecule has 1 spiro atoms. The van der Waals surface area contributed by atoms with Gasteiger partial charge in [-0.05, 0) is 68.7 Å². The molecule has 2 aromatic heterocycles. The summed E-state index contributed by atoms with van der Waals surface area (Å²) in [5, 5.41) is 0. The van der Waals surface area contributed by atoms with Gasteiger partial charge in [-0.15, -0.1) is 0 Å². The van der Waals surface area contributed by atoms with E-state index in [9.17, 15) is 14.4 Å². The number of ether oxygens (including phenoxy) is 6. The molecule has 3 aliphatic rings. The summed E-state index contributed by atoms with van der Waals surface area (Å²) in [7, 11) is 0. The van der Waals surface area contributed by atoms with E-state index in [1.807, 2.05) is 0 Å². The quantitative estimate of drug-likeness (QED) is 0.384. The average Bonchev–Trinajstić information content (AvgIpc) is 3.06. The minimum absolute atomic E-state index is 0.124. The minimum atomic E-state index is -0.984. The Balaban J connectivity index is 1.54. The highest BCUT2D eigenvalue weighted by Crippen LogP contribution is 2.62. The fraction of sp³-hybridized carbons (Fsp3) is 0.704. The van der Waals surface area contributed by atoms with Crippen LogP contribution in [0.15, 0.2) is 12.7 Å². The van der Waals surface area contributed by atoms with Gasteiger partial charge < -0.3 is 28.4 Å². The minimum Gasteiger partial charge on any atom is -0.466 e. The molecule has 2 saturated heterocycles. The Morgan fingerprint density at radius 2 is 1.63 bits per heavy atom. The van der Waals surface area contributed by atoms with Gasteiger partial charge in [-0.3, -0.25) is 9.36 Å². The van der Waals surface area contributed by atoms with Crippen molar-refractivity contribution >= 4 is 35.1 Å². The lowest BCUT2D eigenvalue weighted by atomic mass is 10.1. The van der Waals surface area contributed by atoms with Crippen LogP contribution in [-0.2, 0) is 33.2 Å². The maximum Gasteiger partial charge on any atom is 0.425 e. The molecule has 2 aliphatic heterocycles. The van der Waals surface area contributed by atoms with Gasteiger partial charge >= 0.3 is 18.2 Å². The van der Waals surface area contributed by atoms with Gasteiger partial charge in [0.25, 0.3) is 0 Å². The summed E-state index contributed by atoms with van der Waals surface area (Å²) in [4.78, 5) is 52.9. The fourth-order valence-corrected chi connectivity index (χ4v) is 5.23. The Hall–Kier alpha value is -3.36. The van der Waals surface area contributed by atoms with Gasteiger partial charge in [0.1, 0.15) is 35.3 Å². The Bertz CT molecular complexity index is 1350. The van der Waals surface area contributed by atoms with Gasteiger partial charge in [-0.1, -0.05) is 0 Å². The molecule has 14 heteroatoms. The summed E-state index contributed by atoms with van der Waals surface area (Å²) in [6, 6.07) is 0. The van der Waals surface area contributed by atoms with Crippen LogP contribution in [0.4, 0.5) is 15.4 Å². The van der Waals surface area contributed by atoms with Crippen molar-refractivity contribution in [3.05, 3.63) is 12.7 Å². The number of hydrogen-bond donors (Lipinski definition) is 0. The fourth-order valence-electron chi connectivity index (χ4n) is 5.23. The maximum atomic E-state index is 13.3. The number of hydrogen-bond acceptors (Lipinski definition) is 12. The molecule has 5 rings (SSSR count). The van der Waals surface area contributed by atoms with Crippen LogP contribution in [0.1, 0.15) is 75.0 Å². The molecule has 1 aliphatic carbocycles. The molecule has 2 aromatic rings. The third kappa shape index (κ3) is 5.35. The number of esters is 1. The van der Waals surface area contributed by atoms with Crippen molar-refractivity contribution in [2.45, 2.75) is 110 Å². The van der Waals surface area contributed by atoms with Crippen molar-refractivity contribution in [3.8, 4) is 0 Å². The highest BCUT2D eigenvalue weighted by molar-refractivity contribution is 6.12.